The van der Waals surface area contributed by atoms with Crippen LogP contribution in [0.5, 0.6) is 0 Å². The number of ketones is 1. The second kappa shape index (κ2) is 8.78. The smallest absolute Gasteiger partial charge is 0.293 e. The van der Waals surface area contributed by atoms with E-state index < -0.39 is 17.6 Å². The highest BCUT2D eigenvalue weighted by molar-refractivity contribution is 6.43. The molecule has 1 amide bonds. The number of amides is 1. The molecule has 0 unspecified atom stereocenters. The van der Waals surface area contributed by atoms with Crippen molar-refractivity contribution < 1.29 is 9.59 Å². The van der Waals surface area contributed by atoms with Crippen LogP contribution in [0.3, 0.4) is 0 Å². The first kappa shape index (κ1) is 19.9. The van der Waals surface area contributed by atoms with Crippen LogP contribution >= 0.6 is 0 Å². The summed E-state index contributed by atoms with van der Waals surface area (Å²) in [6, 6.07) is 16.2. The molecule has 5 heteroatoms. The molecular formula is C22H21N3O2. The minimum absolute atomic E-state index is 0.176. The van der Waals surface area contributed by atoms with Gasteiger partial charge in [-0.15, -0.1) is 0 Å². The molecule has 2 aromatic carbocycles. The van der Waals surface area contributed by atoms with Crippen molar-refractivity contribution in [3.63, 3.8) is 0 Å². The minimum Gasteiger partial charge on any atom is -0.319 e. The second-order valence-corrected chi connectivity index (χ2v) is 6.65. The molecule has 2 aromatic rings. The van der Waals surface area contributed by atoms with E-state index in [1.807, 2.05) is 51.1 Å². The highest BCUT2D eigenvalue weighted by Gasteiger charge is 2.28. The first-order valence-electron chi connectivity index (χ1n) is 8.69. The first-order chi connectivity index (χ1) is 12.9. The third-order valence-electron chi connectivity index (χ3n) is 4.38. The number of benzene rings is 2. The summed E-state index contributed by atoms with van der Waals surface area (Å²) in [5.74, 6) is -2.62. The van der Waals surface area contributed by atoms with Gasteiger partial charge in [-0.2, -0.15) is 10.5 Å². The number of para-hydroxylation sites is 1. The quantitative estimate of drug-likeness (QED) is 0.789. The molecule has 0 saturated carbocycles. The Bertz CT molecular complexity index is 932. The van der Waals surface area contributed by atoms with Crippen LogP contribution in [-0.4, -0.2) is 11.7 Å². The second-order valence-electron chi connectivity index (χ2n) is 6.65. The van der Waals surface area contributed by atoms with Crippen LogP contribution in [0.2, 0.25) is 0 Å². The third-order valence-corrected chi connectivity index (χ3v) is 4.38. The maximum atomic E-state index is 12.6. The van der Waals surface area contributed by atoms with Crippen LogP contribution in [0.1, 0.15) is 47.9 Å². The normalized spacial score (nSPS) is 11.3. The van der Waals surface area contributed by atoms with Gasteiger partial charge in [-0.1, -0.05) is 56.3 Å². The van der Waals surface area contributed by atoms with Gasteiger partial charge in [0.1, 0.15) is 5.92 Å². The van der Waals surface area contributed by atoms with Gasteiger partial charge in [0.05, 0.1) is 18.6 Å². The number of aryl methyl sites for hydroxylation is 1. The predicted molar refractivity (Wildman–Crippen MR) is 103 cm³/mol. The number of hydrogen-bond acceptors (Lipinski definition) is 4. The lowest BCUT2D eigenvalue weighted by Gasteiger charge is -2.17. The summed E-state index contributed by atoms with van der Waals surface area (Å²) in [5.41, 5.74) is 3.64. The average Bonchev–Trinajstić information content (AvgIpc) is 2.65. The Labute approximate surface area is 159 Å². The van der Waals surface area contributed by atoms with Crippen LogP contribution in [0.15, 0.2) is 42.5 Å². The van der Waals surface area contributed by atoms with Gasteiger partial charge in [0.15, 0.2) is 0 Å². The molecule has 2 rings (SSSR count). The summed E-state index contributed by atoms with van der Waals surface area (Å²) in [7, 11) is 0. The van der Waals surface area contributed by atoms with Gasteiger partial charge >= 0.3 is 0 Å². The summed E-state index contributed by atoms with van der Waals surface area (Å²) in [6.07, 6.45) is 0.247. The zero-order valence-corrected chi connectivity index (χ0v) is 15.6. The van der Waals surface area contributed by atoms with Gasteiger partial charge < -0.3 is 5.32 Å². The predicted octanol–water partition coefficient (Wildman–Crippen LogP) is 4.00. The first-order valence-corrected chi connectivity index (χ1v) is 8.69. The molecule has 0 spiro atoms. The molecule has 0 aliphatic heterocycles. The molecule has 1 N–H and O–H groups in total. The maximum Gasteiger partial charge on any atom is 0.293 e. The Kier molecular flexibility index (Phi) is 6.46. The van der Waals surface area contributed by atoms with E-state index in [0.29, 0.717) is 11.3 Å². The highest BCUT2D eigenvalue weighted by atomic mass is 16.2. The summed E-state index contributed by atoms with van der Waals surface area (Å²) in [5, 5.41) is 20.8. The lowest BCUT2D eigenvalue weighted by molar-refractivity contribution is -0.135. The summed E-state index contributed by atoms with van der Waals surface area (Å²) in [4.78, 5) is 25.1. The van der Waals surface area contributed by atoms with Crippen LogP contribution < -0.4 is 5.32 Å². The van der Waals surface area contributed by atoms with E-state index in [1.54, 1.807) is 24.3 Å². The number of carbonyl (C=O) groups excluding carboxylic acids is 2. The van der Waals surface area contributed by atoms with Crippen LogP contribution in [0.4, 0.5) is 5.69 Å². The molecule has 0 aliphatic carbocycles. The molecule has 0 fully saturated rings. The number of hydrogen-bond donors (Lipinski definition) is 1. The van der Waals surface area contributed by atoms with Crippen molar-refractivity contribution in [3.8, 4) is 12.1 Å². The van der Waals surface area contributed by atoms with Crippen molar-refractivity contribution in [2.24, 2.45) is 0 Å². The van der Waals surface area contributed by atoms with Crippen molar-refractivity contribution in [3.05, 3.63) is 64.7 Å². The molecule has 1 atom stereocenters. The zero-order chi connectivity index (χ0) is 20.0. The van der Waals surface area contributed by atoms with Crippen LogP contribution in [0.25, 0.3) is 0 Å². The van der Waals surface area contributed by atoms with Crippen molar-refractivity contribution in [1.82, 2.24) is 0 Å². The topological polar surface area (TPSA) is 93.8 Å². The monoisotopic (exact) mass is 359 g/mol. The number of carbonyl (C=O) groups is 2. The van der Waals surface area contributed by atoms with Crippen LogP contribution in [-0.2, 0) is 16.0 Å². The third kappa shape index (κ3) is 4.59. The van der Waals surface area contributed by atoms with E-state index in [4.69, 9.17) is 5.26 Å². The van der Waals surface area contributed by atoms with E-state index in [-0.39, 0.29) is 12.3 Å². The maximum absolute atomic E-state index is 12.6. The number of rotatable bonds is 6. The molecule has 136 valence electrons. The molecule has 0 aromatic heterocycles. The summed E-state index contributed by atoms with van der Waals surface area (Å²) >= 11 is 0. The molecule has 0 bridgehead atoms. The number of nitriles is 2. The van der Waals surface area contributed by atoms with E-state index in [0.717, 1.165) is 16.7 Å². The fourth-order valence-corrected chi connectivity index (χ4v) is 2.85. The number of nitrogens with zero attached hydrogens (tertiary/aromatic N) is 2. The lowest BCUT2D eigenvalue weighted by atomic mass is 9.93. The van der Waals surface area contributed by atoms with E-state index in [2.05, 4.69) is 5.32 Å². The van der Waals surface area contributed by atoms with Gasteiger partial charge in [-0.25, -0.2) is 0 Å². The van der Waals surface area contributed by atoms with Crippen molar-refractivity contribution >= 4 is 17.4 Å². The van der Waals surface area contributed by atoms with Gasteiger partial charge in [-0.05, 0) is 35.1 Å². The zero-order valence-electron chi connectivity index (χ0n) is 15.6. The summed E-state index contributed by atoms with van der Waals surface area (Å²) in [6.45, 7) is 5.88. The minimum atomic E-state index is -1.19. The number of nitrogens with one attached hydrogen (secondary N) is 1. The summed E-state index contributed by atoms with van der Waals surface area (Å²) < 4.78 is 0. The molecule has 0 radical (unpaired) electrons. The molecule has 0 aliphatic rings. The molecule has 5 nitrogen and oxygen atoms in total. The Hall–Kier alpha value is -3.44. The van der Waals surface area contributed by atoms with Gasteiger partial charge in [0.25, 0.3) is 5.91 Å². The Morgan fingerprint density at radius 1 is 1.07 bits per heavy atom. The number of Topliss-reactive ketones (excluding diaryl/α,β-unsaturated/α-hetero) is 1. The highest BCUT2D eigenvalue weighted by Crippen LogP contribution is 2.28. The number of anilines is 1. The van der Waals surface area contributed by atoms with E-state index in [9.17, 15) is 14.9 Å². The Morgan fingerprint density at radius 2 is 1.74 bits per heavy atom. The van der Waals surface area contributed by atoms with Gasteiger partial charge in [0.2, 0.25) is 5.78 Å². The van der Waals surface area contributed by atoms with Crippen molar-refractivity contribution in [2.75, 3.05) is 5.32 Å². The van der Waals surface area contributed by atoms with Gasteiger partial charge in [0, 0.05) is 5.69 Å². The largest absolute Gasteiger partial charge is 0.319 e. The fraction of sp³-hybridized carbons (Fsp3) is 0.273. The standard InChI is InChI=1S/C22H21N3O2/c1-14(2)18-6-4-5-15(3)20(18)25-22(27)21(26)19(13-24)17-9-7-16(8-10-17)11-12-23/h4-10,14,19H,11H2,1-3H3,(H,25,27)/t19-/m0/s1. The van der Waals surface area contributed by atoms with Crippen LogP contribution in [0, 0.1) is 29.6 Å². The molecular weight excluding hydrogens is 338 g/mol. The molecule has 0 saturated heterocycles. The lowest BCUT2D eigenvalue weighted by Crippen LogP contribution is -2.28. The van der Waals surface area contributed by atoms with Crippen molar-refractivity contribution in [2.45, 2.75) is 39.0 Å². The molecule has 27 heavy (non-hydrogen) atoms. The Morgan fingerprint density at radius 3 is 2.30 bits per heavy atom. The van der Waals surface area contributed by atoms with E-state index >= 15 is 0 Å². The molecule has 0 heterocycles. The van der Waals surface area contributed by atoms with E-state index in [1.165, 1.54) is 0 Å². The van der Waals surface area contributed by atoms with Crippen molar-refractivity contribution in [1.29, 1.82) is 10.5 Å². The average molecular weight is 359 g/mol. The Balaban J connectivity index is 2.25. The van der Waals surface area contributed by atoms with Gasteiger partial charge in [-0.3, -0.25) is 9.59 Å². The SMILES string of the molecule is Cc1cccc(C(C)C)c1NC(=O)C(=O)[C@@H](C#N)c1ccc(CC#N)cc1. The fourth-order valence-electron chi connectivity index (χ4n) is 2.85.